The van der Waals surface area contributed by atoms with Gasteiger partial charge in [-0.15, -0.1) is 11.7 Å². The van der Waals surface area contributed by atoms with Gasteiger partial charge in [-0.1, -0.05) is 35.9 Å². The van der Waals surface area contributed by atoms with E-state index in [1.165, 1.54) is 23.0 Å². The second-order valence-corrected chi connectivity index (χ2v) is 6.95. The van der Waals surface area contributed by atoms with E-state index in [0.29, 0.717) is 34.2 Å². The number of nitrogens with zero attached hydrogens (tertiary/aromatic N) is 5. The predicted octanol–water partition coefficient (Wildman–Crippen LogP) is 4.33. The molecule has 0 N–H and O–H groups in total. The van der Waals surface area contributed by atoms with Gasteiger partial charge in [0, 0.05) is 12.1 Å². The molecule has 1 aliphatic rings. The average molecular weight is 422 g/mol. The Bertz CT molecular complexity index is 1200. The molecular formula is C22H17ClFN5O. The van der Waals surface area contributed by atoms with Crippen molar-refractivity contribution in [3.8, 4) is 5.69 Å². The zero-order valence-electron chi connectivity index (χ0n) is 16.1. The van der Waals surface area contributed by atoms with Crippen molar-refractivity contribution in [1.82, 2.24) is 9.78 Å². The molecule has 150 valence electrons. The standard InChI is InChI=1S/C22H17ClFN5O/c1-3-12-28-19-7-5-4-6-17(19)20(22(28)30)26-25-13-18-14(2)27-29(21(18)23)16-10-8-15(24)9-11-16/h3-11,13H,1,12H2,2H3/b25-13-,26-20+. The minimum atomic E-state index is -0.344. The van der Waals surface area contributed by atoms with Gasteiger partial charge in [-0.25, -0.2) is 9.07 Å². The molecule has 6 nitrogen and oxygen atoms in total. The number of carbonyl (C=O) groups excluding carboxylic acids is 1. The van der Waals surface area contributed by atoms with Crippen LogP contribution in [-0.2, 0) is 4.79 Å². The summed E-state index contributed by atoms with van der Waals surface area (Å²) in [5, 5.41) is 13.0. The number of hydrogen-bond acceptors (Lipinski definition) is 4. The first-order valence-corrected chi connectivity index (χ1v) is 9.53. The fourth-order valence-electron chi connectivity index (χ4n) is 3.22. The molecule has 0 spiro atoms. The second kappa shape index (κ2) is 8.04. The Labute approximate surface area is 177 Å². The minimum Gasteiger partial charge on any atom is -0.302 e. The number of hydrogen-bond donors (Lipinski definition) is 0. The van der Waals surface area contributed by atoms with Gasteiger partial charge in [0.15, 0.2) is 5.71 Å². The van der Waals surface area contributed by atoms with Crippen molar-refractivity contribution < 1.29 is 9.18 Å². The highest BCUT2D eigenvalue weighted by molar-refractivity contribution is 6.54. The number of para-hydroxylation sites is 1. The highest BCUT2D eigenvalue weighted by atomic mass is 35.5. The maximum absolute atomic E-state index is 13.2. The van der Waals surface area contributed by atoms with Crippen LogP contribution in [0.25, 0.3) is 5.69 Å². The summed E-state index contributed by atoms with van der Waals surface area (Å²) in [6, 6.07) is 13.2. The Balaban J connectivity index is 1.67. The zero-order chi connectivity index (χ0) is 21.3. The van der Waals surface area contributed by atoms with Gasteiger partial charge in [-0.2, -0.15) is 10.2 Å². The fourth-order valence-corrected chi connectivity index (χ4v) is 3.55. The molecule has 8 heteroatoms. The van der Waals surface area contributed by atoms with Crippen LogP contribution < -0.4 is 4.90 Å². The van der Waals surface area contributed by atoms with E-state index in [4.69, 9.17) is 11.6 Å². The van der Waals surface area contributed by atoms with E-state index in [-0.39, 0.29) is 17.4 Å². The molecule has 30 heavy (non-hydrogen) atoms. The molecule has 0 fully saturated rings. The summed E-state index contributed by atoms with van der Waals surface area (Å²) in [5.41, 5.74) is 3.55. The molecule has 0 aliphatic carbocycles. The first-order chi connectivity index (χ1) is 14.5. The SMILES string of the molecule is C=CCN1C(=O)/C(=N/N=C\c2c(C)nn(-c3ccc(F)cc3)c2Cl)c2ccccc21. The highest BCUT2D eigenvalue weighted by Gasteiger charge is 2.33. The van der Waals surface area contributed by atoms with Crippen LogP contribution in [0.3, 0.4) is 0 Å². The Morgan fingerprint density at radius 1 is 1.20 bits per heavy atom. The summed E-state index contributed by atoms with van der Waals surface area (Å²) < 4.78 is 14.7. The molecule has 3 aromatic rings. The molecule has 0 atom stereocenters. The molecule has 2 heterocycles. The predicted molar refractivity (Wildman–Crippen MR) is 116 cm³/mol. The van der Waals surface area contributed by atoms with E-state index >= 15 is 0 Å². The van der Waals surface area contributed by atoms with Crippen molar-refractivity contribution in [1.29, 1.82) is 0 Å². The largest absolute Gasteiger partial charge is 0.302 e. The van der Waals surface area contributed by atoms with Gasteiger partial charge in [0.2, 0.25) is 0 Å². The zero-order valence-corrected chi connectivity index (χ0v) is 16.8. The second-order valence-electron chi connectivity index (χ2n) is 6.59. The third-order valence-electron chi connectivity index (χ3n) is 4.67. The maximum Gasteiger partial charge on any atom is 0.279 e. The molecule has 4 rings (SSSR count). The van der Waals surface area contributed by atoms with Crippen molar-refractivity contribution in [2.24, 2.45) is 10.2 Å². The van der Waals surface area contributed by atoms with Crippen molar-refractivity contribution in [3.63, 3.8) is 0 Å². The Hall–Kier alpha value is -3.58. The van der Waals surface area contributed by atoms with Crippen molar-refractivity contribution in [2.45, 2.75) is 6.92 Å². The van der Waals surface area contributed by atoms with Crippen LogP contribution in [0.5, 0.6) is 0 Å². The molecule has 1 amide bonds. The van der Waals surface area contributed by atoms with Crippen molar-refractivity contribution in [3.05, 3.63) is 89.0 Å². The molecule has 0 saturated heterocycles. The molecule has 0 unspecified atom stereocenters. The monoisotopic (exact) mass is 421 g/mol. The lowest BCUT2D eigenvalue weighted by molar-refractivity contribution is -0.112. The summed E-state index contributed by atoms with van der Waals surface area (Å²) in [5.74, 6) is -0.582. The Morgan fingerprint density at radius 2 is 1.93 bits per heavy atom. The number of benzene rings is 2. The number of aromatic nitrogens is 2. The molecule has 0 radical (unpaired) electrons. The summed E-state index contributed by atoms with van der Waals surface area (Å²) in [4.78, 5) is 14.3. The molecule has 1 aliphatic heterocycles. The molecule has 1 aromatic heterocycles. The summed E-state index contributed by atoms with van der Waals surface area (Å²) in [6.07, 6.45) is 3.12. The van der Waals surface area contributed by atoms with Gasteiger partial charge in [0.25, 0.3) is 5.91 Å². The quantitative estimate of drug-likeness (QED) is 0.349. The first kappa shape index (κ1) is 19.7. The average Bonchev–Trinajstić information content (AvgIpc) is 3.17. The topological polar surface area (TPSA) is 62.9 Å². The van der Waals surface area contributed by atoms with Crippen molar-refractivity contribution in [2.75, 3.05) is 11.4 Å². The van der Waals surface area contributed by atoms with E-state index < -0.39 is 0 Å². The smallest absolute Gasteiger partial charge is 0.279 e. The third kappa shape index (κ3) is 3.44. The van der Waals surface area contributed by atoms with Gasteiger partial charge in [0.05, 0.1) is 28.8 Å². The number of rotatable bonds is 5. The first-order valence-electron chi connectivity index (χ1n) is 9.15. The number of anilines is 1. The molecular weight excluding hydrogens is 405 g/mol. The summed E-state index contributed by atoms with van der Waals surface area (Å²) in [6.45, 7) is 5.86. The minimum absolute atomic E-state index is 0.238. The third-order valence-corrected chi connectivity index (χ3v) is 5.04. The number of carbonyl (C=O) groups is 1. The van der Waals surface area contributed by atoms with Crippen LogP contribution in [0.4, 0.5) is 10.1 Å². The van der Waals surface area contributed by atoms with Crippen LogP contribution in [0.15, 0.2) is 71.4 Å². The number of aryl methyl sites for hydroxylation is 1. The number of amides is 1. The van der Waals surface area contributed by atoms with E-state index in [9.17, 15) is 9.18 Å². The van der Waals surface area contributed by atoms with Crippen LogP contribution in [0, 0.1) is 12.7 Å². The lowest BCUT2D eigenvalue weighted by Gasteiger charge is -2.13. The van der Waals surface area contributed by atoms with Crippen molar-refractivity contribution >= 4 is 35.1 Å². The van der Waals surface area contributed by atoms with Gasteiger partial charge < -0.3 is 4.90 Å². The lowest BCUT2D eigenvalue weighted by Crippen LogP contribution is -2.30. The van der Waals surface area contributed by atoms with Gasteiger partial charge in [-0.05, 0) is 37.3 Å². The van der Waals surface area contributed by atoms with Gasteiger partial charge in [0.1, 0.15) is 11.0 Å². The number of fused-ring (bicyclic) bond motifs is 1. The van der Waals surface area contributed by atoms with Crippen LogP contribution in [-0.4, -0.2) is 34.2 Å². The van der Waals surface area contributed by atoms with Gasteiger partial charge >= 0.3 is 0 Å². The van der Waals surface area contributed by atoms with E-state index in [0.717, 1.165) is 5.69 Å². The van der Waals surface area contributed by atoms with Crippen LogP contribution >= 0.6 is 11.6 Å². The number of halogens is 2. The Morgan fingerprint density at radius 3 is 2.67 bits per heavy atom. The highest BCUT2D eigenvalue weighted by Crippen LogP contribution is 2.29. The molecule has 0 bridgehead atoms. The molecule has 2 aromatic carbocycles. The Kier molecular flexibility index (Phi) is 5.29. The van der Waals surface area contributed by atoms with E-state index in [1.807, 2.05) is 24.3 Å². The summed E-state index contributed by atoms with van der Waals surface area (Å²) in [7, 11) is 0. The molecule has 0 saturated carbocycles. The van der Waals surface area contributed by atoms with Gasteiger partial charge in [-0.3, -0.25) is 4.79 Å². The van der Waals surface area contributed by atoms with E-state index in [2.05, 4.69) is 21.9 Å². The normalized spacial score (nSPS) is 14.7. The maximum atomic E-state index is 13.2. The van der Waals surface area contributed by atoms with E-state index in [1.54, 1.807) is 30.0 Å². The lowest BCUT2D eigenvalue weighted by atomic mass is 10.1. The summed E-state index contributed by atoms with van der Waals surface area (Å²) >= 11 is 6.45. The fraction of sp³-hybridized carbons (Fsp3) is 0.0909. The van der Waals surface area contributed by atoms with Crippen LogP contribution in [0.1, 0.15) is 16.8 Å². The van der Waals surface area contributed by atoms with Crippen LogP contribution in [0.2, 0.25) is 5.15 Å².